The van der Waals surface area contributed by atoms with Crippen LogP contribution in [0.5, 0.6) is 0 Å². The second-order valence-corrected chi connectivity index (χ2v) is 3.57. The lowest BCUT2D eigenvalue weighted by Crippen LogP contribution is -1.97. The Morgan fingerprint density at radius 2 is 2.55 bits per heavy atom. The van der Waals surface area contributed by atoms with E-state index in [0.29, 0.717) is 5.25 Å². The van der Waals surface area contributed by atoms with Crippen molar-refractivity contribution >= 4 is 17.7 Å². The fourth-order valence-corrected chi connectivity index (χ4v) is 1.98. The Labute approximate surface area is 70.7 Å². The Bertz CT molecular complexity index is 196. The minimum Gasteiger partial charge on any atom is -0.459 e. The molecule has 1 unspecified atom stereocenters. The van der Waals surface area contributed by atoms with E-state index in [4.69, 9.17) is 0 Å². The van der Waals surface area contributed by atoms with E-state index in [1.54, 1.807) is 0 Å². The Kier molecular flexibility index (Phi) is 3.31. The zero-order valence-electron chi connectivity index (χ0n) is 6.42. The van der Waals surface area contributed by atoms with Crippen molar-refractivity contribution in [2.24, 2.45) is 0 Å². The molecule has 60 valence electrons. The van der Waals surface area contributed by atoms with Gasteiger partial charge in [-0.3, -0.25) is 0 Å². The van der Waals surface area contributed by atoms with E-state index < -0.39 is 5.97 Å². The van der Waals surface area contributed by atoms with Crippen molar-refractivity contribution in [3.63, 3.8) is 0 Å². The monoisotopic (exact) mass is 170 g/mol. The average molecular weight is 170 g/mol. The van der Waals surface area contributed by atoms with Gasteiger partial charge < -0.3 is 4.74 Å². The topological polar surface area (TPSA) is 26.3 Å². The SMILES string of the molecule is COC(=O)C#CC1CCCS1. The van der Waals surface area contributed by atoms with Crippen LogP contribution in [-0.2, 0) is 9.53 Å². The quantitative estimate of drug-likeness (QED) is 0.309. The highest BCUT2D eigenvalue weighted by molar-refractivity contribution is 8.00. The van der Waals surface area contributed by atoms with Gasteiger partial charge in [0, 0.05) is 5.92 Å². The van der Waals surface area contributed by atoms with Crippen LogP contribution in [0.2, 0.25) is 0 Å². The molecule has 0 bridgehead atoms. The highest BCUT2D eigenvalue weighted by Crippen LogP contribution is 2.24. The molecule has 1 aliphatic heterocycles. The molecular formula is C8H10O2S. The zero-order valence-corrected chi connectivity index (χ0v) is 7.24. The zero-order chi connectivity index (χ0) is 8.10. The molecule has 1 heterocycles. The number of thioether (sulfide) groups is 1. The maximum absolute atomic E-state index is 10.6. The lowest BCUT2D eigenvalue weighted by Gasteiger charge is -1.93. The van der Waals surface area contributed by atoms with Gasteiger partial charge in [0.25, 0.3) is 0 Å². The summed E-state index contributed by atoms with van der Waals surface area (Å²) in [4.78, 5) is 10.6. The second kappa shape index (κ2) is 4.30. The summed E-state index contributed by atoms with van der Waals surface area (Å²) < 4.78 is 4.39. The van der Waals surface area contributed by atoms with E-state index in [-0.39, 0.29) is 0 Å². The van der Waals surface area contributed by atoms with Crippen molar-refractivity contribution in [1.29, 1.82) is 0 Å². The summed E-state index contributed by atoms with van der Waals surface area (Å²) in [5.74, 6) is 6.05. The summed E-state index contributed by atoms with van der Waals surface area (Å²) in [6.45, 7) is 0. The highest BCUT2D eigenvalue weighted by atomic mass is 32.2. The van der Waals surface area contributed by atoms with Gasteiger partial charge in [0.2, 0.25) is 0 Å². The first kappa shape index (κ1) is 8.48. The molecule has 0 aromatic heterocycles. The summed E-state index contributed by atoms with van der Waals surface area (Å²) in [6.07, 6.45) is 2.32. The second-order valence-electron chi connectivity index (χ2n) is 2.26. The van der Waals surface area contributed by atoms with Crippen LogP contribution in [-0.4, -0.2) is 24.1 Å². The van der Waals surface area contributed by atoms with Crippen LogP contribution in [0, 0.1) is 11.8 Å². The Balaban J connectivity index is 2.36. The number of esters is 1. The van der Waals surface area contributed by atoms with Crippen LogP contribution < -0.4 is 0 Å². The number of rotatable bonds is 0. The smallest absolute Gasteiger partial charge is 0.384 e. The molecule has 1 rings (SSSR count). The molecule has 11 heavy (non-hydrogen) atoms. The van der Waals surface area contributed by atoms with E-state index in [2.05, 4.69) is 16.6 Å². The third kappa shape index (κ3) is 2.85. The Morgan fingerprint density at radius 3 is 3.09 bits per heavy atom. The normalized spacial score (nSPS) is 22.1. The first-order chi connectivity index (χ1) is 5.33. The van der Waals surface area contributed by atoms with Crippen LogP contribution in [0.15, 0.2) is 0 Å². The molecule has 0 N–H and O–H groups in total. The predicted octanol–water partition coefficient (Wildman–Crippen LogP) is 1.06. The van der Waals surface area contributed by atoms with Crippen LogP contribution in [0.4, 0.5) is 0 Å². The van der Waals surface area contributed by atoms with Crippen LogP contribution in [0.1, 0.15) is 12.8 Å². The van der Waals surface area contributed by atoms with E-state index >= 15 is 0 Å². The number of methoxy groups -OCH3 is 1. The molecule has 0 saturated carbocycles. The average Bonchev–Trinajstić information content (AvgIpc) is 2.52. The van der Waals surface area contributed by atoms with Crippen molar-refractivity contribution in [2.75, 3.05) is 12.9 Å². The molecule has 1 saturated heterocycles. The molecule has 0 aromatic rings. The first-order valence-electron chi connectivity index (χ1n) is 3.54. The van der Waals surface area contributed by atoms with Gasteiger partial charge in [-0.1, -0.05) is 5.92 Å². The van der Waals surface area contributed by atoms with E-state index in [1.165, 1.54) is 19.3 Å². The van der Waals surface area contributed by atoms with Gasteiger partial charge in [-0.15, -0.1) is 11.8 Å². The highest BCUT2D eigenvalue weighted by Gasteiger charge is 2.12. The third-order valence-electron chi connectivity index (χ3n) is 1.45. The van der Waals surface area contributed by atoms with Crippen molar-refractivity contribution < 1.29 is 9.53 Å². The van der Waals surface area contributed by atoms with Gasteiger partial charge in [-0.05, 0) is 18.6 Å². The summed E-state index contributed by atoms with van der Waals surface area (Å²) >= 11 is 1.81. The number of carbonyl (C=O) groups is 1. The van der Waals surface area contributed by atoms with Crippen LogP contribution >= 0.6 is 11.8 Å². The molecule has 0 spiro atoms. The number of hydrogen-bond acceptors (Lipinski definition) is 3. The van der Waals surface area contributed by atoms with Crippen LogP contribution in [0.3, 0.4) is 0 Å². The van der Waals surface area contributed by atoms with E-state index in [0.717, 1.165) is 6.42 Å². The fraction of sp³-hybridized carbons (Fsp3) is 0.625. The van der Waals surface area contributed by atoms with Crippen molar-refractivity contribution in [1.82, 2.24) is 0 Å². The summed E-state index contributed by atoms with van der Waals surface area (Å²) in [5.41, 5.74) is 0. The van der Waals surface area contributed by atoms with Crippen molar-refractivity contribution in [3.8, 4) is 11.8 Å². The van der Waals surface area contributed by atoms with E-state index in [9.17, 15) is 4.79 Å². The standard InChI is InChI=1S/C8H10O2S/c1-10-8(9)5-4-7-3-2-6-11-7/h7H,2-3,6H2,1H3. The maximum atomic E-state index is 10.6. The summed E-state index contributed by atoms with van der Waals surface area (Å²) in [7, 11) is 1.35. The minimum atomic E-state index is -0.433. The molecule has 0 aromatic carbocycles. The molecule has 0 amide bonds. The third-order valence-corrected chi connectivity index (χ3v) is 2.73. The van der Waals surface area contributed by atoms with Gasteiger partial charge in [-0.2, -0.15) is 0 Å². The number of ether oxygens (including phenoxy) is 1. The van der Waals surface area contributed by atoms with Crippen LogP contribution in [0.25, 0.3) is 0 Å². The maximum Gasteiger partial charge on any atom is 0.384 e. The van der Waals surface area contributed by atoms with Crippen molar-refractivity contribution in [2.45, 2.75) is 18.1 Å². The molecule has 1 aliphatic rings. The van der Waals surface area contributed by atoms with Gasteiger partial charge in [0.05, 0.1) is 12.4 Å². The molecular weight excluding hydrogens is 160 g/mol. The number of carbonyl (C=O) groups excluding carboxylic acids is 1. The van der Waals surface area contributed by atoms with Gasteiger partial charge in [0.15, 0.2) is 0 Å². The molecule has 1 fully saturated rings. The largest absolute Gasteiger partial charge is 0.459 e. The Morgan fingerprint density at radius 1 is 1.73 bits per heavy atom. The first-order valence-corrected chi connectivity index (χ1v) is 4.59. The molecule has 0 aliphatic carbocycles. The fourth-order valence-electron chi connectivity index (χ4n) is 0.882. The predicted molar refractivity (Wildman–Crippen MR) is 45.3 cm³/mol. The minimum absolute atomic E-state index is 0.356. The van der Waals surface area contributed by atoms with Gasteiger partial charge in [0.1, 0.15) is 0 Å². The summed E-state index contributed by atoms with van der Waals surface area (Å²) in [6, 6.07) is 0. The van der Waals surface area contributed by atoms with Crippen molar-refractivity contribution in [3.05, 3.63) is 0 Å². The van der Waals surface area contributed by atoms with Gasteiger partial charge in [-0.25, -0.2) is 4.79 Å². The molecule has 1 atom stereocenters. The lowest BCUT2D eigenvalue weighted by molar-refractivity contribution is -0.133. The number of hydrogen-bond donors (Lipinski definition) is 0. The lowest BCUT2D eigenvalue weighted by atomic mass is 10.2. The molecule has 0 radical (unpaired) electrons. The Hall–Kier alpha value is -0.620. The molecule has 2 nitrogen and oxygen atoms in total. The molecule has 3 heteroatoms. The van der Waals surface area contributed by atoms with Gasteiger partial charge >= 0.3 is 5.97 Å². The summed E-state index contributed by atoms with van der Waals surface area (Å²) in [5, 5.41) is 0.356. The van der Waals surface area contributed by atoms with E-state index in [1.807, 2.05) is 11.8 Å².